The van der Waals surface area contributed by atoms with E-state index in [0.717, 1.165) is 19.4 Å². The minimum Gasteiger partial charge on any atom is -0.353 e. The molecule has 1 aliphatic heterocycles. The Labute approximate surface area is 106 Å². The molecule has 2 unspecified atom stereocenters. The second-order valence-corrected chi connectivity index (χ2v) is 4.91. The van der Waals surface area contributed by atoms with Crippen molar-refractivity contribution in [3.05, 3.63) is 12.7 Å². The van der Waals surface area contributed by atoms with Gasteiger partial charge in [-0.3, -0.25) is 0 Å². The summed E-state index contributed by atoms with van der Waals surface area (Å²) in [6, 6.07) is 0. The fourth-order valence-electron chi connectivity index (χ4n) is 2.20. The molecule has 0 radical (unpaired) electrons. The molecule has 0 N–H and O–H groups in total. The van der Waals surface area contributed by atoms with E-state index in [1.54, 1.807) is 0 Å². The van der Waals surface area contributed by atoms with Crippen molar-refractivity contribution in [3.63, 3.8) is 0 Å². The van der Waals surface area contributed by atoms with Gasteiger partial charge in [0.2, 0.25) is 0 Å². The molecular formula is C15H28O2. The van der Waals surface area contributed by atoms with Gasteiger partial charge in [0, 0.05) is 6.61 Å². The van der Waals surface area contributed by atoms with Crippen LogP contribution in [0.1, 0.15) is 64.7 Å². The molecular weight excluding hydrogens is 212 g/mol. The first-order chi connectivity index (χ1) is 8.36. The van der Waals surface area contributed by atoms with Crippen molar-refractivity contribution in [2.45, 2.75) is 77.1 Å². The van der Waals surface area contributed by atoms with Crippen molar-refractivity contribution in [2.24, 2.45) is 0 Å². The van der Waals surface area contributed by atoms with Gasteiger partial charge in [0.25, 0.3) is 0 Å². The molecule has 2 heteroatoms. The van der Waals surface area contributed by atoms with Crippen LogP contribution in [0.3, 0.4) is 0 Å². The van der Waals surface area contributed by atoms with Gasteiger partial charge < -0.3 is 9.47 Å². The Morgan fingerprint density at radius 3 is 2.76 bits per heavy atom. The third-order valence-electron chi connectivity index (χ3n) is 3.32. The lowest BCUT2D eigenvalue weighted by atomic mass is 10.1. The van der Waals surface area contributed by atoms with Gasteiger partial charge in [-0.15, -0.1) is 6.58 Å². The monoisotopic (exact) mass is 240 g/mol. The Morgan fingerprint density at radius 1 is 1.29 bits per heavy atom. The number of hydrogen-bond acceptors (Lipinski definition) is 2. The maximum Gasteiger partial charge on any atom is 0.158 e. The zero-order valence-corrected chi connectivity index (χ0v) is 11.3. The van der Waals surface area contributed by atoms with Crippen molar-refractivity contribution in [3.8, 4) is 0 Å². The minimum absolute atomic E-state index is 0.0161. The Kier molecular flexibility index (Phi) is 8.37. The van der Waals surface area contributed by atoms with E-state index in [2.05, 4.69) is 13.5 Å². The van der Waals surface area contributed by atoms with Gasteiger partial charge in [-0.05, 0) is 25.7 Å². The molecule has 0 amide bonds. The van der Waals surface area contributed by atoms with Crippen molar-refractivity contribution >= 4 is 0 Å². The lowest BCUT2D eigenvalue weighted by Crippen LogP contribution is -2.26. The highest BCUT2D eigenvalue weighted by molar-refractivity contribution is 4.80. The van der Waals surface area contributed by atoms with E-state index in [9.17, 15) is 0 Å². The van der Waals surface area contributed by atoms with Gasteiger partial charge in [0.05, 0.1) is 6.10 Å². The van der Waals surface area contributed by atoms with Crippen molar-refractivity contribution in [1.29, 1.82) is 0 Å². The molecule has 0 aromatic carbocycles. The molecule has 1 fully saturated rings. The minimum atomic E-state index is 0.0161. The largest absolute Gasteiger partial charge is 0.353 e. The summed E-state index contributed by atoms with van der Waals surface area (Å²) >= 11 is 0. The van der Waals surface area contributed by atoms with E-state index in [1.807, 2.05) is 6.08 Å². The SMILES string of the molecule is C=CC(CCCCCCC)OC1CCCCO1. The van der Waals surface area contributed by atoms with Gasteiger partial charge >= 0.3 is 0 Å². The van der Waals surface area contributed by atoms with Gasteiger partial charge in [-0.25, -0.2) is 0 Å². The van der Waals surface area contributed by atoms with Crippen LogP contribution in [-0.4, -0.2) is 19.0 Å². The van der Waals surface area contributed by atoms with Crippen LogP contribution in [0.4, 0.5) is 0 Å². The highest BCUT2D eigenvalue weighted by Gasteiger charge is 2.17. The zero-order valence-electron chi connectivity index (χ0n) is 11.3. The quantitative estimate of drug-likeness (QED) is 0.438. The first kappa shape index (κ1) is 14.7. The molecule has 100 valence electrons. The molecule has 0 saturated carbocycles. The van der Waals surface area contributed by atoms with E-state index in [1.165, 1.54) is 44.9 Å². The highest BCUT2D eigenvalue weighted by Crippen LogP contribution is 2.18. The molecule has 0 aromatic rings. The van der Waals surface area contributed by atoms with Crippen LogP contribution in [0.15, 0.2) is 12.7 Å². The van der Waals surface area contributed by atoms with Gasteiger partial charge in [-0.1, -0.05) is 45.1 Å². The summed E-state index contributed by atoms with van der Waals surface area (Å²) in [6.45, 7) is 6.96. The fourth-order valence-corrected chi connectivity index (χ4v) is 2.20. The molecule has 1 heterocycles. The Bertz CT molecular complexity index is 185. The standard InChI is InChI=1S/C15H28O2/c1-3-5-6-7-8-11-14(4-2)17-15-12-9-10-13-16-15/h4,14-15H,2-3,5-13H2,1H3. The van der Waals surface area contributed by atoms with E-state index in [0.29, 0.717) is 0 Å². The first-order valence-electron chi connectivity index (χ1n) is 7.26. The van der Waals surface area contributed by atoms with Crippen LogP contribution in [0, 0.1) is 0 Å². The molecule has 1 aliphatic rings. The Hall–Kier alpha value is -0.340. The second-order valence-electron chi connectivity index (χ2n) is 4.91. The summed E-state index contributed by atoms with van der Waals surface area (Å²) < 4.78 is 11.5. The highest BCUT2D eigenvalue weighted by atomic mass is 16.7. The van der Waals surface area contributed by atoms with Gasteiger partial charge in [-0.2, -0.15) is 0 Å². The molecule has 0 spiro atoms. The summed E-state index contributed by atoms with van der Waals surface area (Å²) in [5, 5.41) is 0. The molecule has 0 bridgehead atoms. The predicted molar refractivity (Wildman–Crippen MR) is 72.0 cm³/mol. The molecule has 1 saturated heterocycles. The van der Waals surface area contributed by atoms with Crippen LogP contribution in [0.5, 0.6) is 0 Å². The van der Waals surface area contributed by atoms with Crippen molar-refractivity contribution in [1.82, 2.24) is 0 Å². The summed E-state index contributed by atoms with van der Waals surface area (Å²) in [5.41, 5.74) is 0. The second kappa shape index (κ2) is 9.67. The maximum atomic E-state index is 5.91. The molecule has 17 heavy (non-hydrogen) atoms. The summed E-state index contributed by atoms with van der Waals surface area (Å²) in [5.74, 6) is 0. The molecule has 0 aromatic heterocycles. The number of hydrogen-bond donors (Lipinski definition) is 0. The van der Waals surface area contributed by atoms with E-state index in [-0.39, 0.29) is 12.4 Å². The van der Waals surface area contributed by atoms with Crippen molar-refractivity contribution in [2.75, 3.05) is 6.61 Å². The van der Waals surface area contributed by atoms with E-state index < -0.39 is 0 Å². The average Bonchev–Trinajstić information content (AvgIpc) is 2.38. The lowest BCUT2D eigenvalue weighted by Gasteiger charge is -2.26. The fraction of sp³-hybridized carbons (Fsp3) is 0.867. The summed E-state index contributed by atoms with van der Waals surface area (Å²) in [6.07, 6.45) is 13.2. The molecule has 2 nitrogen and oxygen atoms in total. The van der Waals surface area contributed by atoms with Crippen molar-refractivity contribution < 1.29 is 9.47 Å². The first-order valence-corrected chi connectivity index (χ1v) is 7.26. The molecule has 1 rings (SSSR count). The van der Waals surface area contributed by atoms with Gasteiger partial charge in [0.15, 0.2) is 6.29 Å². The lowest BCUT2D eigenvalue weighted by molar-refractivity contribution is -0.179. The Balaban J connectivity index is 2.07. The maximum absolute atomic E-state index is 5.91. The normalized spacial score (nSPS) is 22.3. The van der Waals surface area contributed by atoms with Crippen LogP contribution >= 0.6 is 0 Å². The van der Waals surface area contributed by atoms with Crippen LogP contribution in [0.2, 0.25) is 0 Å². The van der Waals surface area contributed by atoms with E-state index >= 15 is 0 Å². The smallest absolute Gasteiger partial charge is 0.158 e. The zero-order chi connectivity index (χ0) is 12.3. The Morgan fingerprint density at radius 2 is 2.12 bits per heavy atom. The number of unbranched alkanes of at least 4 members (excludes halogenated alkanes) is 4. The topological polar surface area (TPSA) is 18.5 Å². The third-order valence-corrected chi connectivity index (χ3v) is 3.32. The molecule has 0 aliphatic carbocycles. The predicted octanol–water partition coefficient (Wildman–Crippen LogP) is 4.44. The van der Waals surface area contributed by atoms with Crippen LogP contribution < -0.4 is 0 Å². The van der Waals surface area contributed by atoms with E-state index in [4.69, 9.17) is 9.47 Å². The average molecular weight is 240 g/mol. The summed E-state index contributed by atoms with van der Waals surface area (Å²) in [4.78, 5) is 0. The third kappa shape index (κ3) is 6.85. The summed E-state index contributed by atoms with van der Waals surface area (Å²) in [7, 11) is 0. The number of ether oxygens (including phenoxy) is 2. The van der Waals surface area contributed by atoms with Crippen LogP contribution in [-0.2, 0) is 9.47 Å². The number of rotatable bonds is 9. The van der Waals surface area contributed by atoms with Crippen LogP contribution in [0.25, 0.3) is 0 Å². The van der Waals surface area contributed by atoms with Gasteiger partial charge in [0.1, 0.15) is 0 Å². The molecule has 2 atom stereocenters.